The van der Waals surface area contributed by atoms with Crippen molar-refractivity contribution >= 4 is 39.0 Å². The topological polar surface area (TPSA) is 117 Å². The lowest BCUT2D eigenvalue weighted by molar-refractivity contribution is -0.122. The highest BCUT2D eigenvalue weighted by Crippen LogP contribution is 2.46. The number of nitrogens with zero attached hydrogens (tertiary/aromatic N) is 2. The van der Waals surface area contributed by atoms with Gasteiger partial charge in [-0.15, -0.1) is 0 Å². The Balaban J connectivity index is 0.000000388. The highest BCUT2D eigenvalue weighted by molar-refractivity contribution is 7.90. The Bertz CT molecular complexity index is 1710. The number of hydrogen-bond acceptors (Lipinski definition) is 9. The molecular weight excluding hydrogens is 688 g/mol. The van der Waals surface area contributed by atoms with Crippen LogP contribution in [0, 0.1) is 17.8 Å². The molecule has 5 aliphatic rings. The molecule has 2 aromatic carbocycles. The van der Waals surface area contributed by atoms with Gasteiger partial charge in [-0.05, 0) is 112 Å². The molecule has 2 aromatic rings. The predicted octanol–water partition coefficient (Wildman–Crippen LogP) is 4.99. The highest BCUT2D eigenvalue weighted by atomic mass is 35.5. The minimum atomic E-state index is -3.93. The number of carbonyl (C=O) groups is 2. The van der Waals surface area contributed by atoms with E-state index < -0.39 is 21.2 Å². The number of sulfonamides is 1. The molecule has 1 spiro atoms. The van der Waals surface area contributed by atoms with Crippen molar-refractivity contribution in [3.05, 3.63) is 70.3 Å². The molecule has 2 bridgehead atoms. The summed E-state index contributed by atoms with van der Waals surface area (Å²) in [6, 6.07) is 11.3. The van der Waals surface area contributed by atoms with Crippen molar-refractivity contribution in [2.75, 3.05) is 71.0 Å². The van der Waals surface area contributed by atoms with Gasteiger partial charge in [-0.1, -0.05) is 30.7 Å². The molecule has 2 aliphatic carbocycles. The normalized spacial score (nSPS) is 29.9. The maximum Gasteiger partial charge on any atom is 0.264 e. The molecule has 1 saturated carbocycles. The molecule has 10 nitrogen and oxygen atoms in total. The van der Waals surface area contributed by atoms with Crippen LogP contribution in [0.4, 0.5) is 5.69 Å². The average Bonchev–Trinajstić information content (AvgIpc) is 3.25. The Hall–Kier alpha value is -2.96. The van der Waals surface area contributed by atoms with Gasteiger partial charge in [0.05, 0.1) is 30.8 Å². The number of benzene rings is 2. The Morgan fingerprint density at radius 3 is 2.63 bits per heavy atom. The van der Waals surface area contributed by atoms with E-state index in [1.165, 1.54) is 11.1 Å². The molecule has 2 N–H and O–H groups in total. The van der Waals surface area contributed by atoms with Crippen molar-refractivity contribution in [1.29, 1.82) is 0 Å². The summed E-state index contributed by atoms with van der Waals surface area (Å²) in [5.41, 5.74) is 3.22. The van der Waals surface area contributed by atoms with E-state index in [-0.39, 0.29) is 34.5 Å². The lowest BCUT2D eigenvalue weighted by atomic mass is 9.68. The summed E-state index contributed by atoms with van der Waals surface area (Å²) < 4.78 is 40.2. The van der Waals surface area contributed by atoms with Crippen LogP contribution >= 0.6 is 11.6 Å². The second kappa shape index (κ2) is 16.4. The van der Waals surface area contributed by atoms with Gasteiger partial charge in [0.2, 0.25) is 10.0 Å². The molecule has 0 unspecified atom stereocenters. The van der Waals surface area contributed by atoms with Gasteiger partial charge in [-0.3, -0.25) is 14.5 Å². The summed E-state index contributed by atoms with van der Waals surface area (Å²) in [5, 5.41) is 3.05. The summed E-state index contributed by atoms with van der Waals surface area (Å²) >= 11 is 6.37. The molecule has 278 valence electrons. The second-order valence-electron chi connectivity index (χ2n) is 15.0. The maximum absolute atomic E-state index is 13.3. The van der Waals surface area contributed by atoms with Crippen molar-refractivity contribution in [2.24, 2.45) is 17.8 Å². The molecule has 5 atom stereocenters. The largest absolute Gasteiger partial charge is 0.490 e. The van der Waals surface area contributed by atoms with Crippen LogP contribution in [-0.2, 0) is 31.4 Å². The van der Waals surface area contributed by atoms with Crippen LogP contribution in [0.5, 0.6) is 5.75 Å². The number of carbonyl (C=O) groups excluding carboxylic acids is 2. The fourth-order valence-corrected chi connectivity index (χ4v) is 9.58. The monoisotopic (exact) mass is 740 g/mol. The van der Waals surface area contributed by atoms with E-state index in [2.05, 4.69) is 32.0 Å². The number of fused-ring (bicyclic) bond motifs is 4. The van der Waals surface area contributed by atoms with Crippen LogP contribution in [0.25, 0.3) is 0 Å². The number of morpholine rings is 1. The van der Waals surface area contributed by atoms with Crippen molar-refractivity contribution in [2.45, 2.75) is 63.0 Å². The van der Waals surface area contributed by atoms with Crippen molar-refractivity contribution in [3.63, 3.8) is 0 Å². The number of ether oxygens (including phenoxy) is 2. The summed E-state index contributed by atoms with van der Waals surface area (Å²) in [5.74, 6) is -0.0319. The number of allylic oxidation sites excluding steroid dienone is 2. The van der Waals surface area contributed by atoms with E-state index in [4.69, 9.17) is 21.1 Å². The minimum absolute atomic E-state index is 0.0666. The third-order valence-corrected chi connectivity index (χ3v) is 13.8. The summed E-state index contributed by atoms with van der Waals surface area (Å²) in [6.45, 7) is 11.5. The number of ketones is 1. The summed E-state index contributed by atoms with van der Waals surface area (Å²) in [7, 11) is -1.95. The van der Waals surface area contributed by atoms with Gasteiger partial charge in [0.15, 0.2) is 5.78 Å². The van der Waals surface area contributed by atoms with Crippen molar-refractivity contribution in [3.8, 4) is 5.75 Å². The SMILES string of the molecule is CNCCN1CCOCC1.C[C@@H]1[C@@H](C)C/C=C/C(=O)[C@@H]2CC[C@H]2CN2C[C@@]3(CCCc4cc(Cl)ccc43)COc3ccc(cc32)C(=O)NS1(=O)=O. The van der Waals surface area contributed by atoms with E-state index in [0.717, 1.165) is 82.2 Å². The first-order valence-corrected chi connectivity index (χ1v) is 20.4. The number of amides is 1. The average molecular weight is 741 g/mol. The van der Waals surface area contributed by atoms with Crippen LogP contribution in [-0.4, -0.2) is 96.4 Å². The van der Waals surface area contributed by atoms with Crippen LogP contribution in [0.15, 0.2) is 48.6 Å². The molecule has 0 aromatic heterocycles. The lowest BCUT2D eigenvalue weighted by Crippen LogP contribution is -2.49. The van der Waals surface area contributed by atoms with Crippen LogP contribution in [0.1, 0.15) is 67.4 Å². The quantitative estimate of drug-likeness (QED) is 0.449. The fourth-order valence-electron chi connectivity index (χ4n) is 8.10. The number of anilines is 1. The first-order chi connectivity index (χ1) is 24.5. The van der Waals surface area contributed by atoms with Gasteiger partial charge < -0.3 is 19.7 Å². The fraction of sp³-hybridized carbons (Fsp3) is 0.590. The van der Waals surface area contributed by atoms with E-state index in [1.54, 1.807) is 37.3 Å². The zero-order chi connectivity index (χ0) is 36.2. The number of likely N-dealkylation sites (N-methyl/N-ethyl adjacent to an activating group) is 1. The zero-order valence-corrected chi connectivity index (χ0v) is 31.7. The molecule has 51 heavy (non-hydrogen) atoms. The zero-order valence-electron chi connectivity index (χ0n) is 30.2. The minimum Gasteiger partial charge on any atom is -0.490 e. The summed E-state index contributed by atoms with van der Waals surface area (Å²) in [6.07, 6.45) is 8.60. The van der Waals surface area contributed by atoms with Crippen LogP contribution < -0.4 is 19.7 Å². The van der Waals surface area contributed by atoms with Gasteiger partial charge in [-0.25, -0.2) is 13.1 Å². The van der Waals surface area contributed by atoms with Crippen LogP contribution in [0.2, 0.25) is 5.02 Å². The van der Waals surface area contributed by atoms with Gasteiger partial charge in [-0.2, -0.15) is 0 Å². The highest BCUT2D eigenvalue weighted by Gasteiger charge is 2.44. The molecule has 1 amide bonds. The van der Waals surface area contributed by atoms with Gasteiger partial charge in [0.25, 0.3) is 5.91 Å². The van der Waals surface area contributed by atoms with E-state index in [0.29, 0.717) is 31.9 Å². The van der Waals surface area contributed by atoms with E-state index in [9.17, 15) is 18.0 Å². The molecule has 12 heteroatoms. The molecule has 0 radical (unpaired) electrons. The van der Waals surface area contributed by atoms with Crippen LogP contribution in [0.3, 0.4) is 0 Å². The van der Waals surface area contributed by atoms with Gasteiger partial charge in [0.1, 0.15) is 5.75 Å². The van der Waals surface area contributed by atoms with E-state index in [1.807, 2.05) is 20.0 Å². The summed E-state index contributed by atoms with van der Waals surface area (Å²) in [4.78, 5) is 31.2. The number of hydrogen-bond donors (Lipinski definition) is 2. The first-order valence-electron chi connectivity index (χ1n) is 18.5. The molecule has 7 rings (SSSR count). The van der Waals surface area contributed by atoms with Crippen molar-refractivity contribution in [1.82, 2.24) is 14.9 Å². The third-order valence-electron chi connectivity index (χ3n) is 11.6. The number of nitrogens with one attached hydrogen (secondary N) is 2. The number of aryl methyl sites for hydroxylation is 1. The standard InChI is InChI=1S/C32H37ClN2O5S.C7H16N2O/c1-20-5-3-7-29(36)26-11-8-24(26)17-35-18-32(14-4-6-22-15-25(33)10-12-27(22)32)19-40-30-13-9-23(16-28(30)35)31(37)34-41(38,39)21(20)2;1-8-2-3-9-4-6-10-7-5-9/h3,7,9-10,12-13,15-16,20-21,24,26H,4-6,8,11,14,17-19H2,1-2H3,(H,34,37);8H,2-7H2,1H3/b7-3+;/t20-,21+,24-,26+,32-;/m0./s1. The molecule has 1 saturated heterocycles. The predicted molar refractivity (Wildman–Crippen MR) is 201 cm³/mol. The smallest absolute Gasteiger partial charge is 0.264 e. The number of rotatable bonds is 3. The Morgan fingerprint density at radius 2 is 1.88 bits per heavy atom. The number of halogens is 1. The Labute approximate surface area is 308 Å². The van der Waals surface area contributed by atoms with E-state index >= 15 is 0 Å². The van der Waals surface area contributed by atoms with Gasteiger partial charge >= 0.3 is 0 Å². The van der Waals surface area contributed by atoms with Crippen molar-refractivity contribution < 1.29 is 27.5 Å². The maximum atomic E-state index is 13.3. The second-order valence-corrected chi connectivity index (χ2v) is 17.5. The molecule has 3 aliphatic heterocycles. The third kappa shape index (κ3) is 8.65. The molecule has 2 fully saturated rings. The molecular formula is C39H53ClN4O6S. The Morgan fingerprint density at radius 1 is 1.08 bits per heavy atom. The first kappa shape index (κ1) is 37.8. The Kier molecular flexibility index (Phi) is 12.1. The molecule has 3 heterocycles. The van der Waals surface area contributed by atoms with Gasteiger partial charge in [0, 0.05) is 61.2 Å². The lowest BCUT2D eigenvalue weighted by Gasteiger charge is -2.44.